The first-order chi connectivity index (χ1) is 7.43. The van der Waals surface area contributed by atoms with Gasteiger partial charge in [0.25, 0.3) is 0 Å². The molecule has 2 heteroatoms. The third-order valence-corrected chi connectivity index (χ3v) is 3.50. The summed E-state index contributed by atoms with van der Waals surface area (Å²) in [5.41, 5.74) is 2.43. The highest BCUT2D eigenvalue weighted by Crippen LogP contribution is 2.42. The molecule has 0 unspecified atom stereocenters. The maximum Gasteiger partial charge on any atom is 0.122 e. The average Bonchev–Trinajstić information content (AvgIpc) is 2.91. The molecule has 2 nitrogen and oxygen atoms in total. The van der Waals surface area contributed by atoms with Crippen LogP contribution in [0.3, 0.4) is 0 Å². The van der Waals surface area contributed by atoms with E-state index >= 15 is 0 Å². The number of aromatic hydroxyl groups is 1. The molecule has 1 aliphatic carbocycles. The molecule has 1 aliphatic rings. The molecule has 0 bridgehead atoms. The molecular weight excluding hydrogens is 200 g/mol. The Morgan fingerprint density at radius 2 is 1.94 bits per heavy atom. The zero-order chi connectivity index (χ0) is 11.9. The van der Waals surface area contributed by atoms with E-state index in [2.05, 4.69) is 13.8 Å². The summed E-state index contributed by atoms with van der Waals surface area (Å²) in [5, 5.41) is 20.2. The van der Waals surface area contributed by atoms with E-state index in [0.29, 0.717) is 18.1 Å². The van der Waals surface area contributed by atoms with E-state index in [1.165, 1.54) is 0 Å². The largest absolute Gasteiger partial charge is 0.507 e. The van der Waals surface area contributed by atoms with E-state index in [4.69, 9.17) is 0 Å². The van der Waals surface area contributed by atoms with Gasteiger partial charge < -0.3 is 10.2 Å². The number of phenols is 1. The lowest BCUT2D eigenvalue weighted by Crippen LogP contribution is -2.12. The van der Waals surface area contributed by atoms with E-state index in [9.17, 15) is 10.2 Å². The van der Waals surface area contributed by atoms with Crippen molar-refractivity contribution in [1.29, 1.82) is 0 Å². The summed E-state index contributed by atoms with van der Waals surface area (Å²) in [4.78, 5) is 0. The monoisotopic (exact) mass is 220 g/mol. The van der Waals surface area contributed by atoms with Crippen molar-refractivity contribution in [3.8, 4) is 5.75 Å². The van der Waals surface area contributed by atoms with E-state index in [1.807, 2.05) is 19.1 Å². The van der Waals surface area contributed by atoms with Crippen LogP contribution in [0.4, 0.5) is 0 Å². The summed E-state index contributed by atoms with van der Waals surface area (Å²) in [6.45, 7) is 6.13. The average molecular weight is 220 g/mol. The minimum Gasteiger partial charge on any atom is -0.507 e. The fourth-order valence-corrected chi connectivity index (χ4v) is 2.09. The molecule has 1 saturated carbocycles. The number of benzene rings is 1. The van der Waals surface area contributed by atoms with Crippen LogP contribution in [0.15, 0.2) is 12.1 Å². The Labute approximate surface area is 96.9 Å². The lowest BCUT2D eigenvalue weighted by atomic mass is 9.93. The maximum absolute atomic E-state index is 10.2. The van der Waals surface area contributed by atoms with Gasteiger partial charge in [-0.25, -0.2) is 0 Å². The maximum atomic E-state index is 10.2. The molecule has 1 fully saturated rings. The van der Waals surface area contributed by atoms with Crippen LogP contribution in [-0.4, -0.2) is 15.8 Å². The zero-order valence-corrected chi connectivity index (χ0v) is 10.2. The molecule has 2 rings (SSSR count). The van der Waals surface area contributed by atoms with Crippen molar-refractivity contribution >= 4 is 0 Å². The lowest BCUT2D eigenvalue weighted by Gasteiger charge is -2.17. The Balaban J connectivity index is 2.38. The molecule has 0 spiro atoms. The normalized spacial score (nSPS) is 17.8. The van der Waals surface area contributed by atoms with Gasteiger partial charge in [-0.05, 0) is 42.4 Å². The molecular formula is C14H20O2. The van der Waals surface area contributed by atoms with Crippen molar-refractivity contribution in [2.45, 2.75) is 51.6 Å². The fraction of sp³-hybridized carbons (Fsp3) is 0.571. The molecule has 2 N–H and O–H groups in total. The molecule has 0 radical (unpaired) electrons. The zero-order valence-electron chi connectivity index (χ0n) is 10.2. The third kappa shape index (κ3) is 2.07. The van der Waals surface area contributed by atoms with Gasteiger partial charge in [0.2, 0.25) is 0 Å². The molecule has 0 atom stereocenters. The van der Waals surface area contributed by atoms with Crippen molar-refractivity contribution < 1.29 is 10.2 Å². The van der Waals surface area contributed by atoms with Gasteiger partial charge in [0.1, 0.15) is 5.75 Å². The van der Waals surface area contributed by atoms with Gasteiger partial charge in [0, 0.05) is 6.42 Å². The highest BCUT2D eigenvalue weighted by Gasteiger charge is 2.41. The molecule has 16 heavy (non-hydrogen) atoms. The first-order valence-corrected chi connectivity index (χ1v) is 5.97. The van der Waals surface area contributed by atoms with E-state index in [0.717, 1.165) is 29.5 Å². The van der Waals surface area contributed by atoms with Crippen LogP contribution in [0.2, 0.25) is 0 Å². The Morgan fingerprint density at radius 1 is 1.31 bits per heavy atom. The number of phenolic OH excluding ortho intramolecular Hbond substituents is 1. The van der Waals surface area contributed by atoms with Gasteiger partial charge in [-0.1, -0.05) is 26.0 Å². The van der Waals surface area contributed by atoms with Crippen LogP contribution in [0.25, 0.3) is 0 Å². The number of hydrogen-bond acceptors (Lipinski definition) is 2. The number of aryl methyl sites for hydroxylation is 1. The highest BCUT2D eigenvalue weighted by molar-refractivity contribution is 5.47. The van der Waals surface area contributed by atoms with Crippen LogP contribution >= 0.6 is 0 Å². The summed E-state index contributed by atoms with van der Waals surface area (Å²) in [7, 11) is 0. The predicted octanol–water partition coefficient (Wildman–Crippen LogP) is 2.89. The summed E-state index contributed by atoms with van der Waals surface area (Å²) < 4.78 is 0. The number of hydrogen-bond donors (Lipinski definition) is 2. The van der Waals surface area contributed by atoms with Crippen LogP contribution in [-0.2, 0) is 6.42 Å². The van der Waals surface area contributed by atoms with Gasteiger partial charge in [-0.15, -0.1) is 0 Å². The predicted molar refractivity (Wildman–Crippen MR) is 64.8 cm³/mol. The molecule has 88 valence electrons. The summed E-state index contributed by atoms with van der Waals surface area (Å²) in [5.74, 6) is 0.698. The minimum absolute atomic E-state index is 0.313. The van der Waals surface area contributed by atoms with E-state index in [-0.39, 0.29) is 0 Å². The van der Waals surface area contributed by atoms with Crippen molar-refractivity contribution in [2.75, 3.05) is 0 Å². The quantitative estimate of drug-likeness (QED) is 0.822. The van der Waals surface area contributed by atoms with Gasteiger partial charge in [-0.2, -0.15) is 0 Å². The number of rotatable bonds is 3. The van der Waals surface area contributed by atoms with Crippen LogP contribution in [0.1, 0.15) is 49.3 Å². The smallest absolute Gasteiger partial charge is 0.122 e. The standard InChI is InChI=1S/C14H20O2/c1-9(2)11-5-4-10(3)12(13(11)15)8-14(16)6-7-14/h4-5,9,15-16H,6-8H2,1-3H3. The molecule has 0 saturated heterocycles. The van der Waals surface area contributed by atoms with Crippen molar-refractivity contribution in [3.63, 3.8) is 0 Å². The van der Waals surface area contributed by atoms with Gasteiger partial charge in [-0.3, -0.25) is 0 Å². The fourth-order valence-electron chi connectivity index (χ4n) is 2.09. The molecule has 1 aromatic rings. The molecule has 0 amide bonds. The van der Waals surface area contributed by atoms with Crippen molar-refractivity contribution in [3.05, 3.63) is 28.8 Å². The van der Waals surface area contributed by atoms with Crippen LogP contribution < -0.4 is 0 Å². The summed E-state index contributed by atoms with van der Waals surface area (Å²) >= 11 is 0. The lowest BCUT2D eigenvalue weighted by molar-refractivity contribution is 0.149. The minimum atomic E-state index is -0.544. The van der Waals surface area contributed by atoms with Gasteiger partial charge in [0.05, 0.1) is 5.60 Å². The van der Waals surface area contributed by atoms with Crippen LogP contribution in [0, 0.1) is 6.92 Å². The molecule has 0 aliphatic heterocycles. The Kier molecular flexibility index (Phi) is 2.70. The molecule has 1 aromatic carbocycles. The second-order valence-corrected chi connectivity index (χ2v) is 5.35. The van der Waals surface area contributed by atoms with Crippen molar-refractivity contribution in [1.82, 2.24) is 0 Å². The third-order valence-electron chi connectivity index (χ3n) is 3.50. The SMILES string of the molecule is Cc1ccc(C(C)C)c(O)c1CC1(O)CC1. The van der Waals surface area contributed by atoms with E-state index in [1.54, 1.807) is 0 Å². The Hall–Kier alpha value is -1.02. The van der Waals surface area contributed by atoms with Crippen molar-refractivity contribution in [2.24, 2.45) is 0 Å². The Morgan fingerprint density at radius 3 is 2.44 bits per heavy atom. The van der Waals surface area contributed by atoms with Gasteiger partial charge >= 0.3 is 0 Å². The Bertz CT molecular complexity index is 403. The van der Waals surface area contributed by atoms with Gasteiger partial charge in [0.15, 0.2) is 0 Å². The highest BCUT2D eigenvalue weighted by atomic mass is 16.3. The van der Waals surface area contributed by atoms with Crippen LogP contribution in [0.5, 0.6) is 5.75 Å². The first kappa shape index (κ1) is 11.5. The first-order valence-electron chi connectivity index (χ1n) is 5.97. The summed E-state index contributed by atoms with van der Waals surface area (Å²) in [6.07, 6.45) is 2.31. The molecule has 0 aromatic heterocycles. The second kappa shape index (κ2) is 3.77. The van der Waals surface area contributed by atoms with E-state index < -0.39 is 5.60 Å². The summed E-state index contributed by atoms with van der Waals surface area (Å²) in [6, 6.07) is 4.02. The molecule has 0 heterocycles. The number of aliphatic hydroxyl groups is 1. The topological polar surface area (TPSA) is 40.5 Å². The second-order valence-electron chi connectivity index (χ2n) is 5.35.